The SMILES string of the molecule is CC(C)[C@@]1(O)[C@@H]2OC(=O)[C@H]1[C@@H]1CC[C@@H](CO[C@H]3O[C@@H](CO)[C@H](O)[C@@H](O)[C@@H]3O)[C@]1(C)[C@H]2O. The van der Waals surface area contributed by atoms with Gasteiger partial charge in [0.05, 0.1) is 25.2 Å². The first-order chi connectivity index (χ1) is 14.5. The van der Waals surface area contributed by atoms with Gasteiger partial charge in [-0.25, -0.2) is 0 Å². The molecule has 0 unspecified atom stereocenters. The number of hydrogen-bond donors (Lipinski definition) is 6. The van der Waals surface area contributed by atoms with Gasteiger partial charge in [0.2, 0.25) is 0 Å². The lowest BCUT2D eigenvalue weighted by molar-refractivity contribution is -0.306. The Morgan fingerprint density at radius 1 is 1.13 bits per heavy atom. The third-order valence-corrected chi connectivity index (χ3v) is 8.52. The minimum atomic E-state index is -1.54. The number of ether oxygens (including phenoxy) is 3. The smallest absolute Gasteiger partial charge is 0.312 e. The van der Waals surface area contributed by atoms with E-state index in [-0.39, 0.29) is 24.4 Å². The predicted octanol–water partition coefficient (Wildman–Crippen LogP) is -1.86. The van der Waals surface area contributed by atoms with Crippen molar-refractivity contribution in [3.63, 3.8) is 0 Å². The molecule has 2 aliphatic heterocycles. The summed E-state index contributed by atoms with van der Waals surface area (Å²) in [5, 5.41) is 62.0. The molecule has 12 atom stereocenters. The lowest BCUT2D eigenvalue weighted by Gasteiger charge is -2.53. The Kier molecular flexibility index (Phi) is 5.92. The van der Waals surface area contributed by atoms with Crippen LogP contribution in [0.25, 0.3) is 0 Å². The fourth-order valence-corrected chi connectivity index (χ4v) is 6.45. The lowest BCUT2D eigenvalue weighted by Crippen LogP contribution is -2.66. The topological polar surface area (TPSA) is 166 Å². The largest absolute Gasteiger partial charge is 0.456 e. The number of aliphatic hydroxyl groups excluding tert-OH is 5. The Morgan fingerprint density at radius 3 is 2.42 bits per heavy atom. The molecule has 2 heterocycles. The summed E-state index contributed by atoms with van der Waals surface area (Å²) >= 11 is 0. The summed E-state index contributed by atoms with van der Waals surface area (Å²) in [7, 11) is 0. The van der Waals surface area contributed by atoms with E-state index in [9.17, 15) is 35.4 Å². The Morgan fingerprint density at radius 2 is 1.81 bits per heavy atom. The summed E-state index contributed by atoms with van der Waals surface area (Å²) in [5.41, 5.74) is -2.20. The minimum Gasteiger partial charge on any atom is -0.456 e. The van der Waals surface area contributed by atoms with Gasteiger partial charge < -0.3 is 44.8 Å². The normalized spacial score (nSPS) is 54.2. The van der Waals surface area contributed by atoms with Crippen molar-refractivity contribution in [2.75, 3.05) is 13.2 Å². The molecule has 0 aromatic carbocycles. The highest BCUT2D eigenvalue weighted by Gasteiger charge is 2.74. The third-order valence-electron chi connectivity index (χ3n) is 8.52. The molecule has 4 rings (SSSR count). The summed E-state index contributed by atoms with van der Waals surface area (Å²) in [5.74, 6) is -2.02. The zero-order valence-electron chi connectivity index (χ0n) is 18.0. The molecule has 6 N–H and O–H groups in total. The molecule has 2 saturated heterocycles. The number of carbonyl (C=O) groups is 1. The van der Waals surface area contributed by atoms with E-state index in [2.05, 4.69) is 0 Å². The quantitative estimate of drug-likeness (QED) is 0.264. The number of fused-ring (bicyclic) bond motifs is 4. The van der Waals surface area contributed by atoms with Crippen LogP contribution in [-0.4, -0.2) is 98.3 Å². The van der Waals surface area contributed by atoms with Crippen LogP contribution in [0.5, 0.6) is 0 Å². The minimum absolute atomic E-state index is 0.0560. The molecule has 4 fully saturated rings. The van der Waals surface area contributed by atoms with Crippen LogP contribution in [0.1, 0.15) is 33.6 Å². The summed E-state index contributed by atoms with van der Waals surface area (Å²) in [4.78, 5) is 12.6. The van der Waals surface area contributed by atoms with E-state index in [1.807, 2.05) is 20.8 Å². The molecule has 2 aliphatic carbocycles. The van der Waals surface area contributed by atoms with Crippen molar-refractivity contribution in [3.05, 3.63) is 0 Å². The van der Waals surface area contributed by atoms with Gasteiger partial charge in [-0.15, -0.1) is 0 Å². The van der Waals surface area contributed by atoms with Crippen molar-refractivity contribution in [2.45, 2.75) is 82.1 Å². The molecule has 2 saturated carbocycles. The molecular formula is C21H34O10. The van der Waals surface area contributed by atoms with E-state index in [0.717, 1.165) is 0 Å². The molecule has 10 nitrogen and oxygen atoms in total. The average molecular weight is 446 g/mol. The third kappa shape index (κ3) is 3.11. The maximum atomic E-state index is 12.6. The molecule has 31 heavy (non-hydrogen) atoms. The van der Waals surface area contributed by atoms with Crippen LogP contribution in [0.2, 0.25) is 0 Å². The molecule has 0 spiro atoms. The number of hydrogen-bond acceptors (Lipinski definition) is 10. The lowest BCUT2D eigenvalue weighted by atomic mass is 9.53. The van der Waals surface area contributed by atoms with Crippen LogP contribution in [0.15, 0.2) is 0 Å². The van der Waals surface area contributed by atoms with Crippen LogP contribution in [0.4, 0.5) is 0 Å². The van der Waals surface area contributed by atoms with E-state index >= 15 is 0 Å². The molecular weight excluding hydrogens is 412 g/mol. The van der Waals surface area contributed by atoms with Gasteiger partial charge >= 0.3 is 5.97 Å². The second-order valence-electron chi connectivity index (χ2n) is 10.1. The molecule has 0 radical (unpaired) electrons. The van der Waals surface area contributed by atoms with Crippen molar-refractivity contribution in [1.82, 2.24) is 0 Å². The Bertz CT molecular complexity index is 700. The van der Waals surface area contributed by atoms with E-state index in [0.29, 0.717) is 12.8 Å². The van der Waals surface area contributed by atoms with Crippen molar-refractivity contribution < 1.29 is 49.6 Å². The maximum absolute atomic E-state index is 12.6. The van der Waals surface area contributed by atoms with Crippen molar-refractivity contribution in [3.8, 4) is 0 Å². The molecule has 0 amide bonds. The van der Waals surface area contributed by atoms with E-state index in [1.54, 1.807) is 0 Å². The maximum Gasteiger partial charge on any atom is 0.312 e. The fourth-order valence-electron chi connectivity index (χ4n) is 6.45. The number of rotatable bonds is 5. The van der Waals surface area contributed by atoms with Gasteiger partial charge in [0.25, 0.3) is 0 Å². The highest BCUT2D eigenvalue weighted by Crippen LogP contribution is 2.64. The monoisotopic (exact) mass is 446 g/mol. The average Bonchev–Trinajstić information content (AvgIpc) is 3.17. The van der Waals surface area contributed by atoms with E-state index in [1.165, 1.54) is 0 Å². The molecule has 10 heteroatoms. The van der Waals surface area contributed by atoms with Crippen molar-refractivity contribution >= 4 is 5.97 Å². The van der Waals surface area contributed by atoms with Gasteiger partial charge in [-0.1, -0.05) is 20.8 Å². The first-order valence-electron chi connectivity index (χ1n) is 11.0. The first-order valence-corrected chi connectivity index (χ1v) is 11.0. The zero-order valence-corrected chi connectivity index (χ0v) is 18.0. The standard InChI is InChI=1S/C21H34O10/c1-8(2)21(28)12-10-5-4-9(20(10,3)16(26)17(21)31-18(12)27)7-29-19-15(25)14(24)13(23)11(6-22)30-19/h8-17,19,22-26,28H,4-7H2,1-3H3/t9-,10-,11-,12+,13-,14+,15-,16-,17+,19-,20-,21-/m0/s1. The number of carbonyl (C=O) groups excluding carboxylic acids is 1. The van der Waals surface area contributed by atoms with Crippen LogP contribution in [-0.2, 0) is 19.0 Å². The van der Waals surface area contributed by atoms with Crippen LogP contribution in [0.3, 0.4) is 0 Å². The summed E-state index contributed by atoms with van der Waals surface area (Å²) in [6, 6.07) is 0. The number of aliphatic hydroxyl groups is 6. The summed E-state index contributed by atoms with van der Waals surface area (Å²) < 4.78 is 16.6. The van der Waals surface area contributed by atoms with Gasteiger partial charge in [-0.2, -0.15) is 0 Å². The van der Waals surface area contributed by atoms with Gasteiger partial charge in [0.15, 0.2) is 12.4 Å². The predicted molar refractivity (Wildman–Crippen MR) is 103 cm³/mol. The first kappa shape index (κ1) is 23.3. The number of esters is 1. The van der Waals surface area contributed by atoms with Crippen LogP contribution >= 0.6 is 0 Å². The van der Waals surface area contributed by atoms with E-state index < -0.39 is 72.4 Å². The fraction of sp³-hybridized carbons (Fsp3) is 0.952. The Hall–Kier alpha value is -0.850. The van der Waals surface area contributed by atoms with Crippen LogP contribution < -0.4 is 0 Å². The second kappa shape index (κ2) is 7.88. The Labute approximate surface area is 180 Å². The van der Waals surface area contributed by atoms with Crippen molar-refractivity contribution in [1.29, 1.82) is 0 Å². The second-order valence-corrected chi connectivity index (χ2v) is 10.1. The van der Waals surface area contributed by atoms with Gasteiger partial charge in [0, 0.05) is 5.41 Å². The molecule has 178 valence electrons. The summed E-state index contributed by atoms with van der Waals surface area (Å²) in [6.45, 7) is 5.00. The molecule has 2 bridgehead atoms. The zero-order chi connectivity index (χ0) is 22.9. The van der Waals surface area contributed by atoms with Crippen LogP contribution in [0, 0.1) is 29.1 Å². The van der Waals surface area contributed by atoms with Gasteiger partial charge in [-0.05, 0) is 30.6 Å². The molecule has 0 aromatic heterocycles. The highest BCUT2D eigenvalue weighted by atomic mass is 16.7. The molecule has 0 aromatic rings. The summed E-state index contributed by atoms with van der Waals surface area (Å²) in [6.07, 6.45) is -7.76. The van der Waals surface area contributed by atoms with E-state index in [4.69, 9.17) is 14.2 Å². The Balaban J connectivity index is 1.52. The van der Waals surface area contributed by atoms with Gasteiger partial charge in [-0.3, -0.25) is 4.79 Å². The highest BCUT2D eigenvalue weighted by molar-refractivity contribution is 5.78. The van der Waals surface area contributed by atoms with Gasteiger partial charge in [0.1, 0.15) is 30.0 Å². The molecule has 4 aliphatic rings. The van der Waals surface area contributed by atoms with Crippen molar-refractivity contribution in [2.24, 2.45) is 29.1 Å².